The van der Waals surface area contributed by atoms with E-state index < -0.39 is 7.80 Å². The van der Waals surface area contributed by atoms with Gasteiger partial charge in [-0.15, -0.1) is 0 Å². The lowest BCUT2D eigenvalue weighted by Gasteiger charge is -2.07. The molecule has 0 saturated carbocycles. The third-order valence-electron chi connectivity index (χ3n) is 1.23. The van der Waals surface area contributed by atoms with Crippen LogP contribution in [-0.2, 0) is 0 Å². The van der Waals surface area contributed by atoms with Crippen molar-refractivity contribution < 1.29 is 0 Å². The van der Waals surface area contributed by atoms with Gasteiger partial charge in [-0.3, -0.25) is 0 Å². The Kier molecular flexibility index (Phi) is 2.30. The van der Waals surface area contributed by atoms with Crippen molar-refractivity contribution >= 4 is 20.7 Å². The van der Waals surface area contributed by atoms with E-state index in [1.54, 1.807) is 0 Å². The van der Waals surface area contributed by atoms with E-state index in [0.717, 1.165) is 0 Å². The third-order valence-corrected chi connectivity index (χ3v) is 2.47. The lowest BCUT2D eigenvalue weighted by Crippen LogP contribution is -1.96. The van der Waals surface area contributed by atoms with Crippen LogP contribution in [0.5, 0.6) is 0 Å². The first-order chi connectivity index (χ1) is 4.30. The Labute approximate surface area is 58.4 Å². The van der Waals surface area contributed by atoms with Crippen molar-refractivity contribution in [3.05, 3.63) is 30.3 Å². The van der Waals surface area contributed by atoms with Gasteiger partial charge in [0.2, 0.25) is 0 Å². The molecule has 0 aliphatic carbocycles. The monoisotopic (exact) mass is 135 g/mol. The normalized spacial score (nSPS) is 13.1. The zero-order chi connectivity index (χ0) is 6.69. The SMILES string of the molecule is [B-][PH+](C)c1ccccc1. The lowest BCUT2D eigenvalue weighted by atomic mass is 10.4. The minimum absolute atomic E-state index is 0.712. The van der Waals surface area contributed by atoms with Crippen molar-refractivity contribution in [3.8, 4) is 0 Å². The second kappa shape index (κ2) is 3.03. The van der Waals surface area contributed by atoms with E-state index in [0.29, 0.717) is 0 Å². The molecule has 1 aromatic carbocycles. The van der Waals surface area contributed by atoms with E-state index in [4.69, 9.17) is 7.57 Å². The zero-order valence-corrected chi connectivity index (χ0v) is 6.46. The molecular weight excluding hydrogens is 126 g/mol. The average Bonchev–Trinajstić information content (AvgIpc) is 1.90. The topological polar surface area (TPSA) is 0 Å². The van der Waals surface area contributed by atoms with Crippen molar-refractivity contribution in [2.24, 2.45) is 0 Å². The maximum absolute atomic E-state index is 5.72. The quantitative estimate of drug-likeness (QED) is 0.401. The summed E-state index contributed by atoms with van der Waals surface area (Å²) in [6.45, 7) is 2.08. The highest BCUT2D eigenvalue weighted by Gasteiger charge is 1.89. The van der Waals surface area contributed by atoms with Crippen LogP contribution < -0.4 is 5.30 Å². The molecule has 1 rings (SSSR count). The van der Waals surface area contributed by atoms with Gasteiger partial charge in [0.05, 0.1) is 0 Å². The predicted octanol–water partition coefficient (Wildman–Crippen LogP) is 1.24. The van der Waals surface area contributed by atoms with Crippen LogP contribution >= 0.6 is 7.80 Å². The van der Waals surface area contributed by atoms with Gasteiger partial charge < -0.3 is 7.57 Å². The molecule has 45 valence electrons. The Morgan fingerprint density at radius 3 is 2.11 bits per heavy atom. The summed E-state index contributed by atoms with van der Waals surface area (Å²) < 4.78 is 0. The molecule has 0 aliphatic heterocycles. The van der Waals surface area contributed by atoms with E-state index in [1.807, 2.05) is 18.2 Å². The molecule has 0 nitrogen and oxygen atoms in total. The van der Waals surface area contributed by atoms with Crippen molar-refractivity contribution in [3.63, 3.8) is 0 Å². The molecule has 0 fully saturated rings. The number of hydrogen-bond acceptors (Lipinski definition) is 0. The van der Waals surface area contributed by atoms with Gasteiger partial charge in [0.25, 0.3) is 0 Å². The van der Waals surface area contributed by atoms with E-state index in [2.05, 4.69) is 18.8 Å². The van der Waals surface area contributed by atoms with Gasteiger partial charge in [0.1, 0.15) is 0 Å². The first-order valence-electron chi connectivity index (χ1n) is 2.95. The number of benzene rings is 1. The Balaban J connectivity index is 2.85. The van der Waals surface area contributed by atoms with Crippen LogP contribution in [0.1, 0.15) is 0 Å². The summed E-state index contributed by atoms with van der Waals surface area (Å²) in [5.74, 6) is 0. The molecule has 0 spiro atoms. The summed E-state index contributed by atoms with van der Waals surface area (Å²) in [6, 6.07) is 10.2. The highest BCUT2D eigenvalue weighted by atomic mass is 31.1. The molecule has 0 heterocycles. The lowest BCUT2D eigenvalue weighted by molar-refractivity contribution is 1.77. The minimum Gasteiger partial charge on any atom is -0.303 e. The van der Waals surface area contributed by atoms with Crippen molar-refractivity contribution in [2.75, 3.05) is 6.66 Å². The Bertz CT molecular complexity index is 172. The summed E-state index contributed by atoms with van der Waals surface area (Å²) in [6.07, 6.45) is 0. The van der Waals surface area contributed by atoms with Crippen LogP contribution in [0.4, 0.5) is 0 Å². The van der Waals surface area contributed by atoms with E-state index in [9.17, 15) is 0 Å². The molecule has 1 unspecified atom stereocenters. The highest BCUT2D eigenvalue weighted by molar-refractivity contribution is 7.87. The van der Waals surface area contributed by atoms with E-state index in [1.165, 1.54) is 5.30 Å². The maximum atomic E-state index is 5.72. The molecule has 0 aliphatic rings. The Morgan fingerprint density at radius 2 is 1.78 bits per heavy atom. The van der Waals surface area contributed by atoms with Crippen molar-refractivity contribution in [1.82, 2.24) is 0 Å². The summed E-state index contributed by atoms with van der Waals surface area (Å²) >= 11 is 0. The number of rotatable bonds is 1. The van der Waals surface area contributed by atoms with Crippen LogP contribution in [0.3, 0.4) is 0 Å². The first kappa shape index (κ1) is 6.83. The van der Waals surface area contributed by atoms with Crippen molar-refractivity contribution in [1.29, 1.82) is 0 Å². The second-order valence-corrected chi connectivity index (χ2v) is 3.99. The molecular formula is C7H9BP. The largest absolute Gasteiger partial charge is 0.303 e. The molecule has 0 aromatic heterocycles. The molecule has 2 heteroatoms. The summed E-state index contributed by atoms with van der Waals surface area (Å²) in [5, 5.41) is 1.29. The van der Waals surface area contributed by atoms with Gasteiger partial charge >= 0.3 is 0 Å². The van der Waals surface area contributed by atoms with Gasteiger partial charge in [-0.2, -0.15) is 0 Å². The number of hydrogen-bond donors (Lipinski definition) is 0. The minimum atomic E-state index is -0.712. The van der Waals surface area contributed by atoms with Crippen LogP contribution in [0.15, 0.2) is 30.3 Å². The zero-order valence-electron chi connectivity index (χ0n) is 5.46. The standard InChI is InChI=1S/C7H9BP/c1-9(8)7-5-3-2-4-6-7/h2-6,9H,1H3. The average molecular weight is 135 g/mol. The summed E-state index contributed by atoms with van der Waals surface area (Å²) in [7, 11) is 5.00. The molecule has 0 amide bonds. The van der Waals surface area contributed by atoms with Gasteiger partial charge in [0, 0.05) is 12.0 Å². The summed E-state index contributed by atoms with van der Waals surface area (Å²) in [5.41, 5.74) is 0. The smallest absolute Gasteiger partial charge is 0.0392 e. The molecule has 0 saturated heterocycles. The van der Waals surface area contributed by atoms with E-state index in [-0.39, 0.29) is 0 Å². The highest BCUT2D eigenvalue weighted by Crippen LogP contribution is 2.20. The van der Waals surface area contributed by atoms with E-state index >= 15 is 0 Å². The fourth-order valence-corrected chi connectivity index (χ4v) is 1.42. The Hall–Kier alpha value is -0.285. The molecule has 0 bridgehead atoms. The second-order valence-electron chi connectivity index (χ2n) is 2.05. The van der Waals surface area contributed by atoms with Crippen LogP contribution in [0, 0.1) is 0 Å². The van der Waals surface area contributed by atoms with Crippen LogP contribution in [-0.4, -0.2) is 14.2 Å². The fraction of sp³-hybridized carbons (Fsp3) is 0.143. The van der Waals surface area contributed by atoms with Crippen molar-refractivity contribution in [2.45, 2.75) is 0 Å². The molecule has 1 atom stereocenters. The summed E-state index contributed by atoms with van der Waals surface area (Å²) in [4.78, 5) is 0. The first-order valence-corrected chi connectivity index (χ1v) is 5.03. The third kappa shape index (κ3) is 1.84. The predicted molar refractivity (Wildman–Crippen MR) is 46.1 cm³/mol. The Morgan fingerprint density at radius 1 is 1.22 bits per heavy atom. The van der Waals surface area contributed by atoms with Gasteiger partial charge in [-0.1, -0.05) is 18.2 Å². The maximum Gasteiger partial charge on any atom is 0.0392 e. The van der Waals surface area contributed by atoms with Gasteiger partial charge in [-0.25, -0.2) is 7.80 Å². The molecule has 9 heavy (non-hydrogen) atoms. The van der Waals surface area contributed by atoms with Crippen LogP contribution in [0.2, 0.25) is 0 Å². The molecule has 1 aromatic rings. The fourth-order valence-electron chi connectivity index (χ4n) is 0.701. The van der Waals surface area contributed by atoms with Gasteiger partial charge in [0.15, 0.2) is 0 Å². The van der Waals surface area contributed by atoms with Gasteiger partial charge in [-0.05, 0) is 12.1 Å². The molecule has 3 radical (unpaired) electrons. The van der Waals surface area contributed by atoms with Crippen LogP contribution in [0.25, 0.3) is 0 Å². The molecule has 0 N–H and O–H groups in total.